The molecule has 0 N–H and O–H groups in total. The summed E-state index contributed by atoms with van der Waals surface area (Å²) in [6.07, 6.45) is 0. The molecule has 3 rings (SSSR count). The summed E-state index contributed by atoms with van der Waals surface area (Å²) in [6, 6.07) is 5.88. The zero-order valence-electron chi connectivity index (χ0n) is 18.3. The molecule has 0 spiro atoms. The van der Waals surface area contributed by atoms with Crippen molar-refractivity contribution < 1.29 is 23.4 Å². The van der Waals surface area contributed by atoms with E-state index in [1.165, 1.54) is 0 Å². The van der Waals surface area contributed by atoms with Crippen LogP contribution in [0.3, 0.4) is 0 Å². The molecule has 2 heterocycles. The first kappa shape index (κ1) is 21.2. The summed E-state index contributed by atoms with van der Waals surface area (Å²) in [7, 11) is 0.218. The van der Waals surface area contributed by atoms with Crippen LogP contribution < -0.4 is 15.7 Å². The van der Waals surface area contributed by atoms with Crippen LogP contribution in [0.5, 0.6) is 5.75 Å². The van der Waals surface area contributed by atoms with E-state index < -0.39 is 36.6 Å². The zero-order chi connectivity index (χ0) is 21.1. The molecular weight excluding hydrogens is 356 g/mol. The van der Waals surface area contributed by atoms with Gasteiger partial charge in [-0.05, 0) is 67.5 Å². The van der Waals surface area contributed by atoms with Gasteiger partial charge >= 0.3 is 14.2 Å². The molecular formula is C20H29B2NO5. The van der Waals surface area contributed by atoms with Gasteiger partial charge in [-0.1, -0.05) is 0 Å². The Hall–Kier alpha value is -1.52. The van der Waals surface area contributed by atoms with Crippen molar-refractivity contribution in [3.8, 4) is 11.8 Å². The molecule has 6 nitrogen and oxygen atoms in total. The lowest BCUT2D eigenvalue weighted by Gasteiger charge is -2.32. The van der Waals surface area contributed by atoms with Crippen LogP contribution in [-0.4, -0.2) is 43.8 Å². The number of nitriles is 1. The third kappa shape index (κ3) is 3.25. The van der Waals surface area contributed by atoms with Crippen molar-refractivity contribution in [2.24, 2.45) is 0 Å². The molecule has 0 radical (unpaired) electrons. The molecule has 2 fully saturated rings. The summed E-state index contributed by atoms with van der Waals surface area (Å²) in [5, 5.41) is 9.99. The van der Waals surface area contributed by atoms with Crippen LogP contribution in [0.15, 0.2) is 12.1 Å². The van der Waals surface area contributed by atoms with Gasteiger partial charge in [-0.3, -0.25) is 0 Å². The molecule has 2 aliphatic rings. The molecule has 0 saturated carbocycles. The number of rotatable bonds is 3. The Balaban J connectivity index is 2.10. The fourth-order valence-corrected chi connectivity index (χ4v) is 3.22. The van der Waals surface area contributed by atoms with Crippen molar-refractivity contribution >= 4 is 25.2 Å². The minimum Gasteiger partial charge on any atom is -0.497 e. The second-order valence-electron chi connectivity index (χ2n) is 9.47. The number of methoxy groups -OCH3 is 1. The van der Waals surface area contributed by atoms with E-state index in [0.29, 0.717) is 22.2 Å². The normalized spacial score (nSPS) is 24.3. The highest BCUT2D eigenvalue weighted by Crippen LogP contribution is 2.38. The Kier molecular flexibility index (Phi) is 4.92. The first-order valence-electron chi connectivity index (χ1n) is 9.58. The van der Waals surface area contributed by atoms with E-state index in [1.54, 1.807) is 19.2 Å². The maximum absolute atomic E-state index is 9.99. The van der Waals surface area contributed by atoms with Gasteiger partial charge in [0.15, 0.2) is 0 Å². The molecule has 1 aromatic rings. The lowest BCUT2D eigenvalue weighted by molar-refractivity contribution is 0.00578. The summed E-state index contributed by atoms with van der Waals surface area (Å²) in [4.78, 5) is 0. The number of nitrogens with zero attached hydrogens (tertiary/aromatic N) is 1. The Morgan fingerprint density at radius 1 is 0.750 bits per heavy atom. The van der Waals surface area contributed by atoms with E-state index in [4.69, 9.17) is 23.4 Å². The monoisotopic (exact) mass is 385 g/mol. The van der Waals surface area contributed by atoms with Crippen LogP contribution >= 0.6 is 0 Å². The quantitative estimate of drug-likeness (QED) is 0.743. The Labute approximate surface area is 168 Å². The lowest BCUT2D eigenvalue weighted by Crippen LogP contribution is -2.44. The molecule has 28 heavy (non-hydrogen) atoms. The maximum atomic E-state index is 9.99. The van der Waals surface area contributed by atoms with Crippen LogP contribution in [0, 0.1) is 11.3 Å². The van der Waals surface area contributed by atoms with Gasteiger partial charge < -0.3 is 23.4 Å². The highest BCUT2D eigenvalue weighted by molar-refractivity contribution is 6.67. The summed E-state index contributed by atoms with van der Waals surface area (Å²) in [5.41, 5.74) is -0.403. The lowest BCUT2D eigenvalue weighted by atomic mass is 9.67. The molecule has 0 aliphatic carbocycles. The van der Waals surface area contributed by atoms with Crippen LogP contribution in [0.2, 0.25) is 0 Å². The molecule has 2 aliphatic heterocycles. The Morgan fingerprint density at radius 3 is 1.32 bits per heavy atom. The van der Waals surface area contributed by atoms with E-state index in [2.05, 4.69) is 6.07 Å². The predicted octanol–water partition coefficient (Wildman–Crippen LogP) is 2.17. The Morgan fingerprint density at radius 2 is 1.07 bits per heavy atom. The van der Waals surface area contributed by atoms with Crippen molar-refractivity contribution in [3.63, 3.8) is 0 Å². The number of benzene rings is 1. The third-order valence-corrected chi connectivity index (χ3v) is 6.53. The second-order valence-corrected chi connectivity index (χ2v) is 9.47. The first-order valence-corrected chi connectivity index (χ1v) is 9.58. The number of hydrogen-bond acceptors (Lipinski definition) is 6. The van der Waals surface area contributed by atoms with Gasteiger partial charge in [0, 0.05) is 10.9 Å². The molecule has 0 aromatic heterocycles. The van der Waals surface area contributed by atoms with E-state index in [-0.39, 0.29) is 0 Å². The van der Waals surface area contributed by atoms with Crippen molar-refractivity contribution in [1.29, 1.82) is 5.26 Å². The van der Waals surface area contributed by atoms with Crippen LogP contribution in [0.1, 0.15) is 61.0 Å². The van der Waals surface area contributed by atoms with Gasteiger partial charge in [0.2, 0.25) is 0 Å². The molecule has 8 heteroatoms. The molecule has 0 bridgehead atoms. The van der Waals surface area contributed by atoms with E-state index in [9.17, 15) is 5.26 Å². The van der Waals surface area contributed by atoms with Crippen molar-refractivity contribution in [2.75, 3.05) is 7.11 Å². The molecule has 0 amide bonds. The largest absolute Gasteiger partial charge is 0.497 e. The average Bonchev–Trinajstić information content (AvgIpc) is 2.93. The maximum Gasteiger partial charge on any atom is 0.496 e. The minimum atomic E-state index is -0.684. The predicted molar refractivity (Wildman–Crippen MR) is 109 cm³/mol. The summed E-state index contributed by atoms with van der Waals surface area (Å²) < 4.78 is 30.2. The fourth-order valence-electron chi connectivity index (χ4n) is 3.22. The SMILES string of the molecule is COc1cc(B2OC(C)(C)C(C)(C)O2)c(C#N)c(B2OC(C)(C)C(C)(C)O2)c1. The molecule has 150 valence electrons. The summed E-state index contributed by atoms with van der Waals surface area (Å²) >= 11 is 0. The second kappa shape index (κ2) is 6.50. The topological polar surface area (TPSA) is 69.9 Å². The highest BCUT2D eigenvalue weighted by Gasteiger charge is 2.55. The first-order chi connectivity index (χ1) is 12.7. The smallest absolute Gasteiger partial charge is 0.496 e. The van der Waals surface area contributed by atoms with Crippen LogP contribution in [-0.2, 0) is 18.6 Å². The van der Waals surface area contributed by atoms with Crippen molar-refractivity contribution in [1.82, 2.24) is 0 Å². The van der Waals surface area contributed by atoms with Gasteiger partial charge in [0.05, 0.1) is 41.1 Å². The molecule has 0 atom stereocenters. The van der Waals surface area contributed by atoms with Crippen LogP contribution in [0.25, 0.3) is 0 Å². The number of ether oxygens (including phenoxy) is 1. The van der Waals surface area contributed by atoms with Crippen LogP contribution in [0.4, 0.5) is 0 Å². The highest BCUT2D eigenvalue weighted by atomic mass is 16.7. The van der Waals surface area contributed by atoms with Crippen molar-refractivity contribution in [3.05, 3.63) is 17.7 Å². The van der Waals surface area contributed by atoms with Gasteiger partial charge in [0.25, 0.3) is 0 Å². The standard InChI is InChI=1S/C20H29B2NO5/c1-17(2)18(3,4)26-21(25-17)15-10-13(24-9)11-16(14(15)12-23)22-27-19(5,6)20(7,8)28-22/h10-11H,1-9H3. The van der Waals surface area contributed by atoms with Gasteiger partial charge in [-0.2, -0.15) is 5.26 Å². The average molecular weight is 385 g/mol. The minimum absolute atomic E-state index is 0.429. The molecule has 2 saturated heterocycles. The van der Waals surface area contributed by atoms with Crippen molar-refractivity contribution in [2.45, 2.75) is 77.8 Å². The van der Waals surface area contributed by atoms with Gasteiger partial charge in [-0.25, -0.2) is 0 Å². The number of hydrogen-bond donors (Lipinski definition) is 0. The van der Waals surface area contributed by atoms with E-state index in [1.807, 2.05) is 55.4 Å². The summed E-state index contributed by atoms with van der Waals surface area (Å²) in [6.45, 7) is 15.8. The molecule has 0 unspecified atom stereocenters. The third-order valence-electron chi connectivity index (χ3n) is 6.53. The van der Waals surface area contributed by atoms with E-state index >= 15 is 0 Å². The Bertz CT molecular complexity index is 739. The van der Waals surface area contributed by atoms with E-state index in [0.717, 1.165) is 0 Å². The molecule has 1 aromatic carbocycles. The summed E-state index contributed by atoms with van der Waals surface area (Å²) in [5.74, 6) is 0.591. The van der Waals surface area contributed by atoms with Gasteiger partial charge in [0.1, 0.15) is 5.75 Å². The zero-order valence-corrected chi connectivity index (χ0v) is 18.3. The van der Waals surface area contributed by atoms with Gasteiger partial charge in [-0.15, -0.1) is 0 Å². The fraction of sp³-hybridized carbons (Fsp3) is 0.650.